The number of alkyl halides is 1. The van der Waals surface area contributed by atoms with Gasteiger partial charge in [0.1, 0.15) is 0 Å². The summed E-state index contributed by atoms with van der Waals surface area (Å²) in [6, 6.07) is 0. The van der Waals surface area contributed by atoms with E-state index in [1.807, 2.05) is 6.92 Å². The van der Waals surface area contributed by atoms with Gasteiger partial charge in [-0.25, -0.2) is 22.0 Å². The number of hydrogen-bond acceptors (Lipinski definition) is 0. The van der Waals surface area contributed by atoms with Crippen molar-refractivity contribution in [1.82, 2.24) is 0 Å². The van der Waals surface area contributed by atoms with E-state index in [2.05, 4.69) is 22.6 Å². The summed E-state index contributed by atoms with van der Waals surface area (Å²) in [4.78, 5) is 0. The molecule has 0 saturated heterocycles. The lowest BCUT2D eigenvalue weighted by Crippen LogP contribution is -2.17. The standard InChI is InChI=1S/C13H14F5I/c1-5(2)7(4-6(3)19)8-9(14)11(16)13(18)12(17)10(8)15/h5-7H,4H2,1-3H3. The zero-order chi connectivity index (χ0) is 14.9. The summed E-state index contributed by atoms with van der Waals surface area (Å²) < 4.78 is 66.9. The number of rotatable bonds is 4. The van der Waals surface area contributed by atoms with Crippen molar-refractivity contribution in [2.75, 3.05) is 0 Å². The Morgan fingerprint density at radius 3 is 1.47 bits per heavy atom. The van der Waals surface area contributed by atoms with Gasteiger partial charge in [-0.05, 0) is 18.3 Å². The molecule has 0 spiro atoms. The second kappa shape index (κ2) is 6.37. The Hall–Kier alpha value is -0.400. The van der Waals surface area contributed by atoms with Crippen LogP contribution in [0.25, 0.3) is 0 Å². The van der Waals surface area contributed by atoms with Crippen LogP contribution in [0.4, 0.5) is 22.0 Å². The van der Waals surface area contributed by atoms with Crippen LogP contribution in [0.1, 0.15) is 38.7 Å². The van der Waals surface area contributed by atoms with Gasteiger partial charge >= 0.3 is 0 Å². The Kier molecular flexibility index (Phi) is 5.58. The fourth-order valence-electron chi connectivity index (χ4n) is 2.02. The molecule has 0 nitrogen and oxygen atoms in total. The number of halogens is 6. The maximum atomic E-state index is 13.7. The molecule has 0 heterocycles. The van der Waals surface area contributed by atoms with Crippen molar-refractivity contribution >= 4 is 22.6 Å². The van der Waals surface area contributed by atoms with Gasteiger partial charge in [0.05, 0.1) is 0 Å². The molecule has 0 amide bonds. The van der Waals surface area contributed by atoms with Crippen LogP contribution >= 0.6 is 22.6 Å². The highest BCUT2D eigenvalue weighted by Gasteiger charge is 2.32. The third-order valence-corrected chi connectivity index (χ3v) is 3.51. The second-order valence-corrected chi connectivity index (χ2v) is 6.98. The van der Waals surface area contributed by atoms with Gasteiger partial charge in [0.15, 0.2) is 23.3 Å². The lowest BCUT2D eigenvalue weighted by molar-refractivity contribution is 0.347. The molecule has 0 aliphatic rings. The Balaban J connectivity index is 3.47. The van der Waals surface area contributed by atoms with Gasteiger partial charge in [-0.2, -0.15) is 0 Å². The molecule has 19 heavy (non-hydrogen) atoms. The maximum absolute atomic E-state index is 13.7. The van der Waals surface area contributed by atoms with E-state index in [0.29, 0.717) is 6.42 Å². The molecule has 2 atom stereocenters. The molecule has 0 N–H and O–H groups in total. The van der Waals surface area contributed by atoms with E-state index >= 15 is 0 Å². The van der Waals surface area contributed by atoms with Gasteiger partial charge in [-0.15, -0.1) is 0 Å². The first-order valence-corrected chi connectivity index (χ1v) is 7.08. The van der Waals surface area contributed by atoms with Crippen LogP contribution in [0.5, 0.6) is 0 Å². The zero-order valence-electron chi connectivity index (χ0n) is 10.7. The first kappa shape index (κ1) is 16.7. The monoisotopic (exact) mass is 392 g/mol. The summed E-state index contributed by atoms with van der Waals surface area (Å²) in [6.07, 6.45) is 0.344. The molecular formula is C13H14F5I. The molecule has 0 aromatic heterocycles. The van der Waals surface area contributed by atoms with Crippen LogP contribution in [0.2, 0.25) is 0 Å². The van der Waals surface area contributed by atoms with Crippen molar-refractivity contribution in [3.05, 3.63) is 34.6 Å². The molecule has 0 aliphatic heterocycles. The van der Waals surface area contributed by atoms with Crippen LogP contribution in [0.15, 0.2) is 0 Å². The summed E-state index contributed by atoms with van der Waals surface area (Å²) in [5.74, 6) is -10.2. The lowest BCUT2D eigenvalue weighted by atomic mass is 9.84. The third-order valence-electron chi connectivity index (χ3n) is 3.00. The van der Waals surface area contributed by atoms with Crippen molar-refractivity contribution in [3.63, 3.8) is 0 Å². The average molecular weight is 392 g/mol. The Bertz CT molecular complexity index is 442. The minimum absolute atomic E-state index is 0.0555. The molecule has 0 saturated carbocycles. The van der Waals surface area contributed by atoms with Crippen LogP contribution in [0, 0.1) is 35.0 Å². The molecule has 108 valence electrons. The van der Waals surface area contributed by atoms with Crippen molar-refractivity contribution in [1.29, 1.82) is 0 Å². The van der Waals surface area contributed by atoms with Gasteiger partial charge in [-0.3, -0.25) is 0 Å². The van der Waals surface area contributed by atoms with E-state index in [4.69, 9.17) is 0 Å². The lowest BCUT2D eigenvalue weighted by Gasteiger charge is -2.24. The topological polar surface area (TPSA) is 0 Å². The summed E-state index contributed by atoms with van der Waals surface area (Å²) in [6.45, 7) is 5.21. The molecular weight excluding hydrogens is 378 g/mol. The molecule has 1 aromatic rings. The predicted octanol–water partition coefficient (Wildman–Crippen LogP) is 5.34. The van der Waals surface area contributed by atoms with E-state index in [0.717, 1.165) is 0 Å². The molecule has 0 bridgehead atoms. The van der Waals surface area contributed by atoms with Crippen molar-refractivity contribution in [2.45, 2.75) is 37.0 Å². The normalized spacial score (nSPS) is 14.8. The maximum Gasteiger partial charge on any atom is 0.200 e. The van der Waals surface area contributed by atoms with Crippen LogP contribution in [-0.4, -0.2) is 3.92 Å². The SMILES string of the molecule is CC(I)CC(c1c(F)c(F)c(F)c(F)c1F)C(C)C. The van der Waals surface area contributed by atoms with Crippen molar-refractivity contribution < 1.29 is 22.0 Å². The minimum atomic E-state index is -2.11. The molecule has 0 fully saturated rings. The highest BCUT2D eigenvalue weighted by Crippen LogP contribution is 2.36. The van der Waals surface area contributed by atoms with Crippen LogP contribution in [0.3, 0.4) is 0 Å². The van der Waals surface area contributed by atoms with E-state index in [-0.39, 0.29) is 9.84 Å². The number of benzene rings is 1. The first-order chi connectivity index (χ1) is 8.68. The average Bonchev–Trinajstić information content (AvgIpc) is 2.32. The van der Waals surface area contributed by atoms with E-state index < -0.39 is 40.6 Å². The predicted molar refractivity (Wildman–Crippen MR) is 71.9 cm³/mol. The summed E-state index contributed by atoms with van der Waals surface area (Å²) in [5.41, 5.74) is -0.699. The van der Waals surface area contributed by atoms with Crippen molar-refractivity contribution in [2.24, 2.45) is 5.92 Å². The van der Waals surface area contributed by atoms with Gasteiger partial charge in [0.25, 0.3) is 0 Å². The second-order valence-electron chi connectivity index (χ2n) is 4.85. The summed E-state index contributed by atoms with van der Waals surface area (Å²) in [5, 5.41) is 0. The molecule has 2 unspecified atom stereocenters. The Morgan fingerprint density at radius 2 is 1.16 bits per heavy atom. The van der Waals surface area contributed by atoms with Crippen LogP contribution < -0.4 is 0 Å². The molecule has 0 aliphatic carbocycles. The highest BCUT2D eigenvalue weighted by atomic mass is 127. The largest absolute Gasteiger partial charge is 0.203 e. The van der Waals surface area contributed by atoms with E-state index in [1.54, 1.807) is 13.8 Å². The fraction of sp³-hybridized carbons (Fsp3) is 0.538. The number of hydrogen-bond donors (Lipinski definition) is 0. The molecule has 1 rings (SSSR count). The van der Waals surface area contributed by atoms with Gasteiger partial charge in [-0.1, -0.05) is 43.4 Å². The highest BCUT2D eigenvalue weighted by molar-refractivity contribution is 14.1. The Morgan fingerprint density at radius 1 is 0.789 bits per heavy atom. The summed E-state index contributed by atoms with van der Waals surface area (Å²) in [7, 11) is 0. The van der Waals surface area contributed by atoms with Gasteiger partial charge < -0.3 is 0 Å². The molecule has 1 aromatic carbocycles. The Labute approximate surface area is 122 Å². The molecule has 0 radical (unpaired) electrons. The van der Waals surface area contributed by atoms with Gasteiger partial charge in [0.2, 0.25) is 5.82 Å². The molecule has 6 heteroatoms. The van der Waals surface area contributed by atoms with E-state index in [1.165, 1.54) is 0 Å². The van der Waals surface area contributed by atoms with E-state index in [9.17, 15) is 22.0 Å². The first-order valence-electron chi connectivity index (χ1n) is 5.83. The van der Waals surface area contributed by atoms with Crippen molar-refractivity contribution in [3.8, 4) is 0 Å². The van der Waals surface area contributed by atoms with Crippen LogP contribution in [-0.2, 0) is 0 Å². The fourth-order valence-corrected chi connectivity index (χ4v) is 2.57. The quantitative estimate of drug-likeness (QED) is 0.214. The smallest absolute Gasteiger partial charge is 0.200 e. The van der Waals surface area contributed by atoms with Gasteiger partial charge in [0, 0.05) is 9.49 Å². The third kappa shape index (κ3) is 3.38. The zero-order valence-corrected chi connectivity index (χ0v) is 12.9. The summed E-state index contributed by atoms with van der Waals surface area (Å²) >= 11 is 2.06. The minimum Gasteiger partial charge on any atom is -0.203 e.